The topological polar surface area (TPSA) is 71.3 Å². The first kappa shape index (κ1) is 13.2. The van der Waals surface area contributed by atoms with E-state index in [1.807, 2.05) is 13.8 Å². The van der Waals surface area contributed by atoms with Crippen LogP contribution in [0, 0.1) is 5.92 Å². The quantitative estimate of drug-likeness (QED) is 0.783. The molecule has 0 fully saturated rings. The first-order valence-electron chi connectivity index (χ1n) is 5.18. The third-order valence-corrected chi connectivity index (χ3v) is 3.23. The SMILES string of the molecule is CNCc1ccc(S(=O)(=O)NCC(C)C)o1. The minimum atomic E-state index is -3.50. The minimum Gasteiger partial charge on any atom is -0.447 e. The normalized spacial score (nSPS) is 12.2. The van der Waals surface area contributed by atoms with Crippen LogP contribution in [0.15, 0.2) is 21.6 Å². The summed E-state index contributed by atoms with van der Waals surface area (Å²) in [5, 5.41) is 2.86. The lowest BCUT2D eigenvalue weighted by molar-refractivity contribution is 0.403. The van der Waals surface area contributed by atoms with Crippen molar-refractivity contribution in [3.05, 3.63) is 17.9 Å². The Kier molecular flexibility index (Phi) is 4.52. The molecule has 0 saturated carbocycles. The second-order valence-corrected chi connectivity index (χ2v) is 5.69. The molecular weight excluding hydrogens is 228 g/mol. The third-order valence-electron chi connectivity index (χ3n) is 1.93. The van der Waals surface area contributed by atoms with Gasteiger partial charge in [-0.2, -0.15) is 0 Å². The molecule has 1 aromatic heterocycles. The zero-order valence-electron chi connectivity index (χ0n) is 9.78. The molecule has 0 amide bonds. The van der Waals surface area contributed by atoms with Crippen molar-refractivity contribution >= 4 is 10.0 Å². The predicted molar refractivity (Wildman–Crippen MR) is 61.5 cm³/mol. The molecular formula is C10H18N2O3S. The number of hydrogen-bond acceptors (Lipinski definition) is 4. The highest BCUT2D eigenvalue weighted by Gasteiger charge is 2.18. The number of rotatable bonds is 6. The van der Waals surface area contributed by atoms with Gasteiger partial charge in [-0.3, -0.25) is 0 Å². The van der Waals surface area contributed by atoms with Crippen LogP contribution < -0.4 is 10.0 Å². The van der Waals surface area contributed by atoms with Crippen molar-refractivity contribution in [1.29, 1.82) is 0 Å². The Hall–Kier alpha value is -0.850. The fourth-order valence-electron chi connectivity index (χ4n) is 1.12. The fourth-order valence-corrected chi connectivity index (χ4v) is 2.28. The Morgan fingerprint density at radius 2 is 2.06 bits per heavy atom. The van der Waals surface area contributed by atoms with Gasteiger partial charge in [-0.15, -0.1) is 0 Å². The van der Waals surface area contributed by atoms with E-state index in [2.05, 4.69) is 10.0 Å². The molecule has 1 rings (SSSR count). The highest BCUT2D eigenvalue weighted by Crippen LogP contribution is 2.13. The lowest BCUT2D eigenvalue weighted by Crippen LogP contribution is -2.27. The van der Waals surface area contributed by atoms with Gasteiger partial charge in [-0.1, -0.05) is 13.8 Å². The van der Waals surface area contributed by atoms with Crippen LogP contribution in [0.5, 0.6) is 0 Å². The van der Waals surface area contributed by atoms with Crippen LogP contribution in [0.1, 0.15) is 19.6 Å². The molecule has 6 heteroatoms. The lowest BCUT2D eigenvalue weighted by Gasteiger charge is -2.06. The average Bonchev–Trinajstić information content (AvgIpc) is 2.65. The number of hydrogen-bond donors (Lipinski definition) is 2. The van der Waals surface area contributed by atoms with Crippen molar-refractivity contribution in [2.24, 2.45) is 5.92 Å². The highest BCUT2D eigenvalue weighted by atomic mass is 32.2. The van der Waals surface area contributed by atoms with Gasteiger partial charge in [0.1, 0.15) is 5.76 Å². The van der Waals surface area contributed by atoms with Gasteiger partial charge in [0, 0.05) is 6.54 Å². The average molecular weight is 246 g/mol. The molecule has 5 nitrogen and oxygen atoms in total. The van der Waals surface area contributed by atoms with Crippen LogP contribution in [0.2, 0.25) is 0 Å². The number of furan rings is 1. The van der Waals surface area contributed by atoms with E-state index in [1.54, 1.807) is 13.1 Å². The predicted octanol–water partition coefficient (Wildman–Crippen LogP) is 0.933. The summed E-state index contributed by atoms with van der Waals surface area (Å²) < 4.78 is 31.2. The van der Waals surface area contributed by atoms with Gasteiger partial charge >= 0.3 is 0 Å². The van der Waals surface area contributed by atoms with Crippen LogP contribution in [0.4, 0.5) is 0 Å². The summed E-state index contributed by atoms with van der Waals surface area (Å²) in [6, 6.07) is 3.12. The van der Waals surface area contributed by atoms with Gasteiger partial charge in [0.25, 0.3) is 10.0 Å². The second kappa shape index (κ2) is 5.47. The molecule has 0 radical (unpaired) electrons. The molecule has 0 saturated heterocycles. The van der Waals surface area contributed by atoms with Crippen molar-refractivity contribution in [1.82, 2.24) is 10.0 Å². The van der Waals surface area contributed by atoms with Gasteiger partial charge in [-0.25, -0.2) is 13.1 Å². The zero-order chi connectivity index (χ0) is 12.2. The van der Waals surface area contributed by atoms with E-state index >= 15 is 0 Å². The van der Waals surface area contributed by atoms with Gasteiger partial charge in [0.15, 0.2) is 0 Å². The van der Waals surface area contributed by atoms with Gasteiger partial charge in [0.2, 0.25) is 5.09 Å². The van der Waals surface area contributed by atoms with E-state index in [-0.39, 0.29) is 11.0 Å². The Morgan fingerprint density at radius 1 is 1.38 bits per heavy atom. The summed E-state index contributed by atoms with van der Waals surface area (Å²) in [5.41, 5.74) is 0. The standard InChI is InChI=1S/C10H18N2O3S/c1-8(2)6-12-16(13,14)10-5-4-9(15-10)7-11-3/h4-5,8,11-12H,6-7H2,1-3H3. The van der Waals surface area contributed by atoms with E-state index in [9.17, 15) is 8.42 Å². The molecule has 0 aromatic carbocycles. The minimum absolute atomic E-state index is 0.0293. The maximum atomic E-state index is 11.7. The Bertz CT molecular complexity index is 423. The van der Waals surface area contributed by atoms with E-state index < -0.39 is 10.0 Å². The number of nitrogens with one attached hydrogen (secondary N) is 2. The maximum Gasteiger partial charge on any atom is 0.273 e. The summed E-state index contributed by atoms with van der Waals surface area (Å²) >= 11 is 0. The van der Waals surface area contributed by atoms with Crippen molar-refractivity contribution in [3.63, 3.8) is 0 Å². The van der Waals surface area contributed by atoms with Crippen molar-refractivity contribution < 1.29 is 12.8 Å². The van der Waals surface area contributed by atoms with Crippen molar-refractivity contribution in [2.75, 3.05) is 13.6 Å². The largest absolute Gasteiger partial charge is 0.447 e. The molecule has 0 bridgehead atoms. The second-order valence-electron chi connectivity index (χ2n) is 4.00. The molecule has 16 heavy (non-hydrogen) atoms. The molecule has 92 valence electrons. The molecule has 1 aromatic rings. The Labute approximate surface area is 96.3 Å². The summed E-state index contributed by atoms with van der Waals surface area (Å²) in [6.45, 7) is 4.80. The summed E-state index contributed by atoms with van der Waals surface area (Å²) in [6.07, 6.45) is 0. The van der Waals surface area contributed by atoms with Crippen LogP contribution in [0.25, 0.3) is 0 Å². The van der Waals surface area contributed by atoms with E-state index in [0.29, 0.717) is 18.8 Å². The molecule has 0 aliphatic heterocycles. The molecule has 2 N–H and O–H groups in total. The summed E-state index contributed by atoms with van der Waals surface area (Å²) in [7, 11) is -1.73. The third kappa shape index (κ3) is 3.62. The van der Waals surface area contributed by atoms with Crippen molar-refractivity contribution in [3.8, 4) is 0 Å². The molecule has 0 unspecified atom stereocenters. The smallest absolute Gasteiger partial charge is 0.273 e. The zero-order valence-corrected chi connectivity index (χ0v) is 10.6. The van der Waals surface area contributed by atoms with E-state index in [1.165, 1.54) is 6.07 Å². The van der Waals surface area contributed by atoms with Gasteiger partial charge in [0.05, 0.1) is 6.54 Å². The number of sulfonamides is 1. The van der Waals surface area contributed by atoms with Crippen LogP contribution in [-0.2, 0) is 16.6 Å². The fraction of sp³-hybridized carbons (Fsp3) is 0.600. The van der Waals surface area contributed by atoms with Crippen molar-refractivity contribution in [2.45, 2.75) is 25.5 Å². The van der Waals surface area contributed by atoms with Crippen LogP contribution >= 0.6 is 0 Å². The molecule has 0 aliphatic rings. The van der Waals surface area contributed by atoms with E-state index in [0.717, 1.165) is 0 Å². The summed E-state index contributed by atoms with van der Waals surface area (Å²) in [5.74, 6) is 0.869. The van der Waals surface area contributed by atoms with Gasteiger partial charge in [-0.05, 0) is 25.1 Å². The Morgan fingerprint density at radius 3 is 2.62 bits per heavy atom. The maximum absolute atomic E-state index is 11.7. The Balaban J connectivity index is 2.74. The molecule has 0 atom stereocenters. The van der Waals surface area contributed by atoms with Crippen LogP contribution in [-0.4, -0.2) is 22.0 Å². The molecule has 0 aliphatic carbocycles. The lowest BCUT2D eigenvalue weighted by atomic mass is 10.2. The monoisotopic (exact) mass is 246 g/mol. The van der Waals surface area contributed by atoms with Gasteiger partial charge < -0.3 is 9.73 Å². The molecule has 0 spiro atoms. The van der Waals surface area contributed by atoms with E-state index in [4.69, 9.17) is 4.42 Å². The first-order chi connectivity index (χ1) is 7.45. The summed E-state index contributed by atoms with van der Waals surface area (Å²) in [4.78, 5) is 0. The molecule has 1 heterocycles. The first-order valence-corrected chi connectivity index (χ1v) is 6.67. The highest BCUT2D eigenvalue weighted by molar-refractivity contribution is 7.89. The van der Waals surface area contributed by atoms with Crippen LogP contribution in [0.3, 0.4) is 0 Å².